The fourth-order valence-corrected chi connectivity index (χ4v) is 21.7. The number of benzene rings is 3. The molecule has 0 bridgehead atoms. The maximum atomic E-state index is 15.1. The lowest BCUT2D eigenvalue weighted by molar-refractivity contribution is -0.220. The number of hydrogen-bond acceptors (Lipinski definition) is 26. The highest BCUT2D eigenvalue weighted by Gasteiger charge is 2.55. The molecular formula is C52H62I9N9O26. The van der Waals surface area contributed by atoms with Crippen molar-refractivity contribution in [2.24, 2.45) is 5.92 Å². The Morgan fingerprint density at radius 2 is 0.531 bits per heavy atom. The number of anilines is 3. The summed E-state index contributed by atoms with van der Waals surface area (Å²) < 4.78 is 4.59. The van der Waals surface area contributed by atoms with Crippen molar-refractivity contribution in [3.8, 4) is 0 Å². The van der Waals surface area contributed by atoms with Crippen LogP contribution in [0.5, 0.6) is 0 Å². The van der Waals surface area contributed by atoms with Gasteiger partial charge in [0.05, 0.1) is 166 Å². The van der Waals surface area contributed by atoms with E-state index >= 15 is 9.59 Å². The van der Waals surface area contributed by atoms with E-state index in [-0.39, 0.29) is 65.5 Å². The number of hydrogen-bond donors (Lipinski definition) is 25. The summed E-state index contributed by atoms with van der Waals surface area (Å²) in [4.78, 5) is 128. The van der Waals surface area contributed by atoms with Gasteiger partial charge in [-0.25, -0.2) is 0 Å². The summed E-state index contributed by atoms with van der Waals surface area (Å²) in [7, 11) is 0. The van der Waals surface area contributed by atoms with Crippen molar-refractivity contribution >= 4 is 274 Å². The van der Waals surface area contributed by atoms with Crippen LogP contribution in [-0.4, -0.2) is 287 Å². The first-order valence-electron chi connectivity index (χ1n) is 27.4. The second kappa shape index (κ2) is 40.7. The highest BCUT2D eigenvalue weighted by Crippen LogP contribution is 2.41. The van der Waals surface area contributed by atoms with Gasteiger partial charge in [0, 0.05) is 55.9 Å². The molecule has 1 fully saturated rings. The summed E-state index contributed by atoms with van der Waals surface area (Å²) in [5.74, 6) is -13.2. The number of aliphatic hydroxyl groups excluding tert-OH is 16. The number of rotatable bonds is 32. The topological polar surface area (TPSA) is 595 Å². The average molecular weight is 2370 g/mol. The summed E-state index contributed by atoms with van der Waals surface area (Å²) >= 11 is 14.4. The van der Waals surface area contributed by atoms with E-state index in [1.54, 1.807) is 203 Å². The molecule has 12 atom stereocenters. The predicted octanol–water partition coefficient (Wildman–Crippen LogP) is -5.33. The van der Waals surface area contributed by atoms with Crippen molar-refractivity contribution in [3.05, 3.63) is 65.5 Å². The molecule has 0 aliphatic carbocycles. The van der Waals surface area contributed by atoms with Gasteiger partial charge in [0.1, 0.15) is 0 Å². The van der Waals surface area contributed by atoms with Crippen molar-refractivity contribution in [1.29, 1.82) is 0 Å². The molecule has 12 unspecified atom stereocenters. The highest BCUT2D eigenvalue weighted by molar-refractivity contribution is 14.1. The van der Waals surface area contributed by atoms with Gasteiger partial charge < -0.3 is 134 Å². The summed E-state index contributed by atoms with van der Waals surface area (Å²) in [6.07, 6.45) is -25.0. The van der Waals surface area contributed by atoms with Gasteiger partial charge >= 0.3 is 0 Å². The molecule has 1 aliphatic heterocycles. The van der Waals surface area contributed by atoms with Crippen LogP contribution in [0.25, 0.3) is 0 Å². The quantitative estimate of drug-likeness (QED) is 0.0260. The normalized spacial score (nSPS) is 18.7. The number of carbonyl (C=O) groups is 9. The fourth-order valence-electron chi connectivity index (χ4n) is 8.41. The summed E-state index contributed by atoms with van der Waals surface area (Å²) in [6, 6.07) is 0. The maximum Gasteiger partial charge on any atom is 0.256 e. The minimum atomic E-state index is -2.88. The lowest BCUT2D eigenvalue weighted by Crippen LogP contribution is -2.65. The van der Waals surface area contributed by atoms with Crippen LogP contribution in [0.3, 0.4) is 0 Å². The Kier molecular flexibility index (Phi) is 37.0. The van der Waals surface area contributed by atoms with Gasteiger partial charge in [-0.2, -0.15) is 0 Å². The van der Waals surface area contributed by atoms with Gasteiger partial charge in [0.25, 0.3) is 53.2 Å². The fraction of sp³-hybridized carbons (Fsp3) is 0.481. The molecule has 0 radical (unpaired) electrons. The smallest absolute Gasteiger partial charge is 0.256 e. The monoisotopic (exact) mass is 2370 g/mol. The molecular weight excluding hydrogens is 2310 g/mol. The third-order valence-corrected chi connectivity index (χ3v) is 23.2. The Hall–Kier alpha value is -1.22. The van der Waals surface area contributed by atoms with Crippen molar-refractivity contribution in [1.82, 2.24) is 31.9 Å². The summed E-state index contributed by atoms with van der Waals surface area (Å²) in [5.41, 5.74) is -3.41. The Labute approximate surface area is 666 Å². The van der Waals surface area contributed by atoms with Crippen LogP contribution >= 0.6 is 203 Å². The zero-order valence-corrected chi connectivity index (χ0v) is 68.0. The molecule has 3 aromatic carbocycles. The molecule has 1 saturated heterocycles. The van der Waals surface area contributed by atoms with E-state index in [0.29, 0.717) is 0 Å². The third-order valence-electron chi connectivity index (χ3n) is 13.5. The van der Waals surface area contributed by atoms with Gasteiger partial charge in [-0.05, 0) is 203 Å². The van der Waals surface area contributed by atoms with Crippen molar-refractivity contribution < 1.29 is 130 Å². The second-order valence-electron chi connectivity index (χ2n) is 20.4. The Bertz CT molecular complexity index is 3100. The van der Waals surface area contributed by atoms with Crippen LogP contribution in [0, 0.1) is 38.0 Å². The molecule has 4 rings (SSSR count). The summed E-state index contributed by atoms with van der Waals surface area (Å²) in [6.45, 7) is -8.09. The van der Waals surface area contributed by atoms with Gasteiger partial charge in [-0.15, -0.1) is 0 Å². The SMILES string of the molecule is O=C(NCC(O)CO)c1c(I)c(NC(=O)C(O)C(O)C2C(O)C(C(=O)Nc3c(I)c(C(=O)NCC(O)CO)c(I)c(C(=O)NCC(O)CO)c3I)OC(C(=O)Nc3c(I)c(C(=O)NCC(O)CO)c(I)c(C(=O)NCC(O)CO)c3I)C2O)c(I)c(C(=O)NCC(O)CO)c1I. The molecule has 1 heterocycles. The molecule has 0 aromatic heterocycles. The molecule has 0 saturated carbocycles. The largest absolute Gasteiger partial charge is 0.394 e. The van der Waals surface area contributed by atoms with Crippen LogP contribution in [0.1, 0.15) is 62.1 Å². The van der Waals surface area contributed by atoms with Crippen LogP contribution in [0.2, 0.25) is 0 Å². The molecule has 3 aromatic rings. The molecule has 35 nitrogen and oxygen atoms in total. The number of aliphatic hydroxyl groups is 16. The number of amides is 9. The third kappa shape index (κ3) is 21.9. The molecule has 534 valence electrons. The molecule has 25 N–H and O–H groups in total. The molecule has 9 amide bonds. The minimum Gasteiger partial charge on any atom is -0.394 e. The van der Waals surface area contributed by atoms with Crippen LogP contribution in [0.4, 0.5) is 17.1 Å². The first-order chi connectivity index (χ1) is 45.0. The van der Waals surface area contributed by atoms with Gasteiger partial charge in [0.2, 0.25) is 0 Å². The van der Waals surface area contributed by atoms with E-state index in [4.69, 9.17) is 4.74 Å². The zero-order valence-electron chi connectivity index (χ0n) is 48.6. The molecule has 1 aliphatic rings. The Morgan fingerprint density at radius 3 is 0.729 bits per heavy atom. The Balaban J connectivity index is 2.01. The summed E-state index contributed by atoms with van der Waals surface area (Å²) in [5, 5.41) is 187. The predicted molar refractivity (Wildman–Crippen MR) is 408 cm³/mol. The van der Waals surface area contributed by atoms with Crippen LogP contribution < -0.4 is 47.9 Å². The van der Waals surface area contributed by atoms with E-state index in [9.17, 15) is 115 Å². The first kappa shape index (κ1) is 87.2. The van der Waals surface area contributed by atoms with E-state index < -0.39 is 228 Å². The molecule has 96 heavy (non-hydrogen) atoms. The number of carbonyl (C=O) groups excluding carboxylic acids is 9. The lowest BCUT2D eigenvalue weighted by Gasteiger charge is -2.44. The molecule has 0 spiro atoms. The number of nitrogens with one attached hydrogen (secondary N) is 9. The standard InChI is InChI=1S/C52H62I9N9O26/c53-26-19(44(87)62-1-13(77)7-71)29(56)35(30(57)20(26)45(88)63-2-14(78)8-72)68-50(93)41(86)38(83)25-39(84)42(51(94)69-36-31(58)21(46(89)64-3-15(79)9-73)27(54)22(32(36)59)47(90)65-4-16(80)10-74)96-43(40(25)85)52(95)70-37-33(60)23(48(91)66-5-17(81)11-75)28(55)24(34(37)61)49(92)67-6-18(82)12-76/h13-18,25,38-43,71-86H,1-12H2,(H,62,87)(H,63,88)(H,64,89)(H,65,90)(H,66,91)(H,67,92)(H,68,93)(H,69,94)(H,70,95). The van der Waals surface area contributed by atoms with Crippen LogP contribution in [-0.2, 0) is 19.1 Å². The highest BCUT2D eigenvalue weighted by atomic mass is 127. The second-order valence-corrected chi connectivity index (χ2v) is 30.1. The zero-order chi connectivity index (χ0) is 72.7. The number of ether oxygens (including phenoxy) is 1. The van der Waals surface area contributed by atoms with Crippen molar-refractivity contribution in [2.45, 2.75) is 73.2 Å². The van der Waals surface area contributed by atoms with Gasteiger partial charge in [-0.3, -0.25) is 43.2 Å². The lowest BCUT2D eigenvalue weighted by atomic mass is 9.79. The van der Waals surface area contributed by atoms with E-state index in [0.717, 1.165) is 0 Å². The minimum absolute atomic E-state index is 0.0947. The number of halogens is 9. The van der Waals surface area contributed by atoms with E-state index in [1.807, 2.05) is 0 Å². The maximum absolute atomic E-state index is 15.1. The van der Waals surface area contributed by atoms with E-state index in [2.05, 4.69) is 47.9 Å². The Morgan fingerprint density at radius 1 is 0.333 bits per heavy atom. The average Bonchev–Trinajstić information content (AvgIpc) is 0.776. The first-order valence-corrected chi connectivity index (χ1v) is 37.1. The van der Waals surface area contributed by atoms with Crippen molar-refractivity contribution in [2.75, 3.05) is 94.9 Å². The van der Waals surface area contributed by atoms with Gasteiger partial charge in [0.15, 0.2) is 18.3 Å². The van der Waals surface area contributed by atoms with Crippen LogP contribution in [0.15, 0.2) is 0 Å². The molecule has 44 heteroatoms. The van der Waals surface area contributed by atoms with Crippen molar-refractivity contribution in [3.63, 3.8) is 0 Å². The van der Waals surface area contributed by atoms with E-state index in [1.165, 1.54) is 0 Å². The van der Waals surface area contributed by atoms with Gasteiger partial charge in [-0.1, -0.05) is 0 Å².